The minimum absolute atomic E-state index is 0.0831. The monoisotopic (exact) mass is 338 g/mol. The molecule has 3 N–H and O–H groups in total. The first kappa shape index (κ1) is 15.0. The van der Waals surface area contributed by atoms with Crippen LogP contribution in [0, 0.1) is 5.82 Å². The maximum atomic E-state index is 13.7. The van der Waals surface area contributed by atoms with Gasteiger partial charge in [0.25, 0.3) is 0 Å². The molecule has 1 unspecified atom stereocenters. The lowest BCUT2D eigenvalue weighted by atomic mass is 9.99. The van der Waals surface area contributed by atoms with Crippen molar-refractivity contribution >= 4 is 15.9 Å². The van der Waals surface area contributed by atoms with Gasteiger partial charge < -0.3 is 4.74 Å². The van der Waals surface area contributed by atoms with Gasteiger partial charge in [-0.1, -0.05) is 34.1 Å². The molecule has 0 heterocycles. The number of methoxy groups -OCH3 is 1. The molecule has 0 saturated heterocycles. The number of benzene rings is 2. The van der Waals surface area contributed by atoms with Crippen molar-refractivity contribution in [3.05, 3.63) is 63.9 Å². The Morgan fingerprint density at radius 1 is 1.30 bits per heavy atom. The average molecular weight is 339 g/mol. The summed E-state index contributed by atoms with van der Waals surface area (Å²) in [6.07, 6.45) is 0.591. The van der Waals surface area contributed by atoms with Gasteiger partial charge in [0.2, 0.25) is 0 Å². The van der Waals surface area contributed by atoms with Crippen molar-refractivity contribution < 1.29 is 9.13 Å². The molecule has 0 fully saturated rings. The van der Waals surface area contributed by atoms with Gasteiger partial charge in [0, 0.05) is 4.47 Å². The van der Waals surface area contributed by atoms with Gasteiger partial charge >= 0.3 is 0 Å². The van der Waals surface area contributed by atoms with Crippen molar-refractivity contribution in [2.75, 3.05) is 7.11 Å². The largest absolute Gasteiger partial charge is 0.494 e. The molecule has 0 aliphatic carbocycles. The summed E-state index contributed by atoms with van der Waals surface area (Å²) in [6.45, 7) is 0. The van der Waals surface area contributed by atoms with Gasteiger partial charge in [-0.15, -0.1) is 0 Å². The number of halogens is 2. The van der Waals surface area contributed by atoms with E-state index in [1.54, 1.807) is 6.07 Å². The van der Waals surface area contributed by atoms with E-state index < -0.39 is 0 Å². The number of hydrogen-bond acceptors (Lipinski definition) is 3. The van der Waals surface area contributed by atoms with E-state index in [2.05, 4.69) is 21.4 Å². The summed E-state index contributed by atoms with van der Waals surface area (Å²) in [6, 6.07) is 12.7. The van der Waals surface area contributed by atoms with Crippen LogP contribution in [-0.4, -0.2) is 7.11 Å². The zero-order valence-electron chi connectivity index (χ0n) is 11.1. The smallest absolute Gasteiger partial charge is 0.165 e. The van der Waals surface area contributed by atoms with Crippen molar-refractivity contribution in [1.82, 2.24) is 5.43 Å². The Morgan fingerprint density at radius 2 is 2.10 bits per heavy atom. The van der Waals surface area contributed by atoms with Gasteiger partial charge in [-0.25, -0.2) is 4.39 Å². The summed E-state index contributed by atoms with van der Waals surface area (Å²) in [5, 5.41) is 0. The minimum atomic E-state index is -0.366. The van der Waals surface area contributed by atoms with Crippen molar-refractivity contribution in [1.29, 1.82) is 0 Å². The fraction of sp³-hybridized carbons (Fsp3) is 0.200. The number of hydrogen-bond donors (Lipinski definition) is 2. The fourth-order valence-corrected chi connectivity index (χ4v) is 2.49. The molecule has 0 spiro atoms. The summed E-state index contributed by atoms with van der Waals surface area (Å²) < 4.78 is 19.6. The molecule has 5 heteroatoms. The Balaban J connectivity index is 2.20. The number of rotatable bonds is 5. The van der Waals surface area contributed by atoms with E-state index >= 15 is 0 Å². The lowest BCUT2D eigenvalue weighted by molar-refractivity contribution is 0.386. The van der Waals surface area contributed by atoms with Crippen LogP contribution in [0.4, 0.5) is 4.39 Å². The van der Waals surface area contributed by atoms with Gasteiger partial charge in [0.05, 0.1) is 13.2 Å². The second-order valence-electron chi connectivity index (χ2n) is 4.45. The average Bonchev–Trinajstić information content (AvgIpc) is 2.45. The Labute approximate surface area is 126 Å². The fourth-order valence-electron chi connectivity index (χ4n) is 2.07. The standard InChI is InChI=1S/C15H16BrFN2O/c1-20-15-6-5-10(7-13(15)17)8-14(19-18)11-3-2-4-12(16)9-11/h2-7,9,14,19H,8,18H2,1H3. The van der Waals surface area contributed by atoms with Crippen LogP contribution in [-0.2, 0) is 6.42 Å². The summed E-state index contributed by atoms with van der Waals surface area (Å²) in [7, 11) is 1.45. The first-order chi connectivity index (χ1) is 9.63. The topological polar surface area (TPSA) is 47.3 Å². The molecule has 0 aliphatic heterocycles. The third-order valence-corrected chi connectivity index (χ3v) is 3.60. The second kappa shape index (κ2) is 6.83. The van der Waals surface area contributed by atoms with Crippen LogP contribution in [0.5, 0.6) is 5.75 Å². The van der Waals surface area contributed by atoms with Crippen molar-refractivity contribution in [3.8, 4) is 5.75 Å². The minimum Gasteiger partial charge on any atom is -0.494 e. The van der Waals surface area contributed by atoms with E-state index in [9.17, 15) is 4.39 Å². The summed E-state index contributed by atoms with van der Waals surface area (Å²) in [4.78, 5) is 0. The van der Waals surface area contributed by atoms with Gasteiger partial charge in [-0.2, -0.15) is 0 Å². The summed E-state index contributed by atoms with van der Waals surface area (Å²) >= 11 is 3.43. The number of ether oxygens (including phenoxy) is 1. The van der Waals surface area contributed by atoms with Gasteiger partial charge in [-0.3, -0.25) is 11.3 Å². The predicted octanol–water partition coefficient (Wildman–Crippen LogP) is 3.34. The van der Waals surface area contributed by atoms with E-state index in [1.807, 2.05) is 30.3 Å². The second-order valence-corrected chi connectivity index (χ2v) is 5.36. The van der Waals surface area contributed by atoms with E-state index in [1.165, 1.54) is 13.2 Å². The molecule has 1 atom stereocenters. The first-order valence-corrected chi connectivity index (χ1v) is 6.97. The van der Waals surface area contributed by atoms with Crippen LogP contribution in [0.15, 0.2) is 46.9 Å². The Morgan fingerprint density at radius 3 is 2.70 bits per heavy atom. The molecule has 0 aromatic heterocycles. The molecule has 3 nitrogen and oxygen atoms in total. The van der Waals surface area contributed by atoms with Crippen molar-refractivity contribution in [2.24, 2.45) is 5.84 Å². The van der Waals surface area contributed by atoms with E-state index in [4.69, 9.17) is 10.6 Å². The third kappa shape index (κ3) is 3.56. The normalized spacial score (nSPS) is 12.2. The highest BCUT2D eigenvalue weighted by Crippen LogP contribution is 2.24. The van der Waals surface area contributed by atoms with Crippen LogP contribution in [0.25, 0.3) is 0 Å². The van der Waals surface area contributed by atoms with E-state index in [-0.39, 0.29) is 17.6 Å². The highest BCUT2D eigenvalue weighted by molar-refractivity contribution is 9.10. The van der Waals surface area contributed by atoms with Crippen LogP contribution in [0.1, 0.15) is 17.2 Å². The Hall–Kier alpha value is -1.43. The van der Waals surface area contributed by atoms with E-state index in [0.717, 1.165) is 15.6 Å². The van der Waals surface area contributed by atoms with Crippen LogP contribution in [0.2, 0.25) is 0 Å². The van der Waals surface area contributed by atoms with E-state index in [0.29, 0.717) is 6.42 Å². The maximum Gasteiger partial charge on any atom is 0.165 e. The quantitative estimate of drug-likeness (QED) is 0.649. The number of nitrogens with one attached hydrogen (secondary N) is 1. The molecule has 2 rings (SSSR count). The van der Waals surface area contributed by atoms with Crippen LogP contribution in [0.3, 0.4) is 0 Å². The molecule has 2 aromatic rings. The van der Waals surface area contributed by atoms with Crippen molar-refractivity contribution in [2.45, 2.75) is 12.5 Å². The third-order valence-electron chi connectivity index (χ3n) is 3.11. The number of hydrazine groups is 1. The lowest BCUT2D eigenvalue weighted by Crippen LogP contribution is -2.29. The molecule has 20 heavy (non-hydrogen) atoms. The molecule has 2 aromatic carbocycles. The van der Waals surface area contributed by atoms with Gasteiger partial charge in [0.1, 0.15) is 0 Å². The highest BCUT2D eigenvalue weighted by atomic mass is 79.9. The highest BCUT2D eigenvalue weighted by Gasteiger charge is 2.12. The van der Waals surface area contributed by atoms with Crippen molar-refractivity contribution in [3.63, 3.8) is 0 Å². The van der Waals surface area contributed by atoms with Gasteiger partial charge in [-0.05, 0) is 41.8 Å². The zero-order valence-corrected chi connectivity index (χ0v) is 12.7. The predicted molar refractivity (Wildman–Crippen MR) is 80.9 cm³/mol. The first-order valence-electron chi connectivity index (χ1n) is 6.18. The molecular formula is C15H16BrFN2O. The Kier molecular flexibility index (Phi) is 5.11. The molecule has 0 aliphatic rings. The number of nitrogens with two attached hydrogens (primary N) is 1. The molecule has 0 saturated carbocycles. The zero-order chi connectivity index (χ0) is 14.5. The molecule has 106 valence electrons. The lowest BCUT2D eigenvalue weighted by Gasteiger charge is -2.17. The summed E-state index contributed by atoms with van der Waals surface area (Å²) in [5.74, 6) is 5.49. The molecule has 0 radical (unpaired) electrons. The SMILES string of the molecule is COc1ccc(CC(NN)c2cccc(Br)c2)cc1F. The van der Waals surface area contributed by atoms with Crippen LogP contribution >= 0.6 is 15.9 Å². The van der Waals surface area contributed by atoms with Crippen LogP contribution < -0.4 is 16.0 Å². The molecule has 0 bridgehead atoms. The molecular weight excluding hydrogens is 323 g/mol. The Bertz CT molecular complexity index is 592. The maximum absolute atomic E-state index is 13.7. The summed E-state index contributed by atoms with van der Waals surface area (Å²) in [5.41, 5.74) is 4.66. The van der Waals surface area contributed by atoms with Gasteiger partial charge in [0.15, 0.2) is 11.6 Å². The molecule has 0 amide bonds.